The van der Waals surface area contributed by atoms with E-state index in [4.69, 9.17) is 0 Å². The van der Waals surface area contributed by atoms with Gasteiger partial charge in [0.05, 0.1) is 17.9 Å². The fourth-order valence-electron chi connectivity index (χ4n) is 1.40. The predicted octanol–water partition coefficient (Wildman–Crippen LogP) is 0.544. The van der Waals surface area contributed by atoms with Gasteiger partial charge in [0.2, 0.25) is 11.9 Å². The smallest absolute Gasteiger partial charge is 0.249 e. The van der Waals surface area contributed by atoms with Crippen LogP contribution in [0.1, 0.15) is 32.2 Å². The van der Waals surface area contributed by atoms with Crippen molar-refractivity contribution in [1.82, 2.24) is 20.5 Å². The van der Waals surface area contributed by atoms with Gasteiger partial charge >= 0.3 is 0 Å². The fourth-order valence-corrected chi connectivity index (χ4v) is 1.40. The van der Waals surface area contributed by atoms with Crippen LogP contribution in [0, 0.1) is 0 Å². The Morgan fingerprint density at radius 1 is 1.12 bits per heavy atom. The van der Waals surface area contributed by atoms with Crippen molar-refractivity contribution in [2.75, 3.05) is 18.4 Å². The molecule has 1 aromatic rings. The standard InChI is InChI=1S/C11H19N5O/c1-4-8-9(5-2)15-16-11(13-8)14-10(17)7-12-6-3/h12H,4-7H2,1-3H3,(H,13,14,16,17). The zero-order chi connectivity index (χ0) is 12.7. The van der Waals surface area contributed by atoms with Gasteiger partial charge in [-0.2, -0.15) is 0 Å². The molecule has 6 heteroatoms. The van der Waals surface area contributed by atoms with E-state index in [2.05, 4.69) is 25.8 Å². The van der Waals surface area contributed by atoms with E-state index in [1.54, 1.807) is 0 Å². The Kier molecular flexibility index (Phi) is 5.48. The lowest BCUT2D eigenvalue weighted by molar-refractivity contribution is -0.115. The SMILES string of the molecule is CCNCC(=O)Nc1nnc(CC)c(CC)n1. The first-order valence-electron chi connectivity index (χ1n) is 5.94. The minimum Gasteiger partial charge on any atom is -0.309 e. The van der Waals surface area contributed by atoms with Crippen LogP contribution in [-0.2, 0) is 17.6 Å². The molecule has 0 atom stereocenters. The van der Waals surface area contributed by atoms with Gasteiger partial charge in [-0.25, -0.2) is 4.98 Å². The van der Waals surface area contributed by atoms with Crippen LogP contribution < -0.4 is 10.6 Å². The number of rotatable bonds is 6. The molecule has 1 amide bonds. The molecule has 1 aromatic heterocycles. The molecule has 0 fully saturated rings. The summed E-state index contributed by atoms with van der Waals surface area (Å²) in [4.78, 5) is 15.7. The molecule has 0 aliphatic carbocycles. The molecule has 0 unspecified atom stereocenters. The Bertz CT molecular complexity index is 380. The number of hydrogen-bond acceptors (Lipinski definition) is 5. The quantitative estimate of drug-likeness (QED) is 0.755. The minimum atomic E-state index is -0.153. The molecule has 94 valence electrons. The van der Waals surface area contributed by atoms with Crippen molar-refractivity contribution >= 4 is 11.9 Å². The average molecular weight is 237 g/mol. The number of nitrogens with one attached hydrogen (secondary N) is 2. The molecule has 0 aromatic carbocycles. The number of aromatic nitrogens is 3. The number of aryl methyl sites for hydroxylation is 2. The van der Waals surface area contributed by atoms with Crippen LogP contribution in [0.15, 0.2) is 0 Å². The van der Waals surface area contributed by atoms with E-state index in [1.165, 1.54) is 0 Å². The summed E-state index contributed by atoms with van der Waals surface area (Å²) in [6.07, 6.45) is 1.59. The summed E-state index contributed by atoms with van der Waals surface area (Å²) in [7, 11) is 0. The van der Waals surface area contributed by atoms with Gasteiger partial charge in [0.25, 0.3) is 0 Å². The second-order valence-corrected chi connectivity index (χ2v) is 3.56. The number of carbonyl (C=O) groups excluding carboxylic acids is 1. The molecular formula is C11H19N5O. The Morgan fingerprint density at radius 3 is 2.41 bits per heavy atom. The van der Waals surface area contributed by atoms with Crippen LogP contribution in [0.2, 0.25) is 0 Å². The second-order valence-electron chi connectivity index (χ2n) is 3.56. The third-order valence-electron chi connectivity index (χ3n) is 2.30. The molecule has 6 nitrogen and oxygen atoms in total. The first kappa shape index (κ1) is 13.5. The molecule has 1 heterocycles. The van der Waals surface area contributed by atoms with Gasteiger partial charge in [-0.05, 0) is 19.4 Å². The van der Waals surface area contributed by atoms with Gasteiger partial charge in [0.1, 0.15) is 0 Å². The van der Waals surface area contributed by atoms with E-state index in [-0.39, 0.29) is 18.4 Å². The highest BCUT2D eigenvalue weighted by Crippen LogP contribution is 2.06. The van der Waals surface area contributed by atoms with Crippen LogP contribution in [0.4, 0.5) is 5.95 Å². The fraction of sp³-hybridized carbons (Fsp3) is 0.636. The van der Waals surface area contributed by atoms with Crippen molar-refractivity contribution in [3.8, 4) is 0 Å². The van der Waals surface area contributed by atoms with Crippen molar-refractivity contribution < 1.29 is 4.79 Å². The topological polar surface area (TPSA) is 79.8 Å². The summed E-state index contributed by atoms with van der Waals surface area (Å²) >= 11 is 0. The molecule has 0 bridgehead atoms. The van der Waals surface area contributed by atoms with E-state index in [1.807, 2.05) is 20.8 Å². The first-order chi connectivity index (χ1) is 8.21. The lowest BCUT2D eigenvalue weighted by Crippen LogP contribution is -2.28. The molecule has 2 N–H and O–H groups in total. The maximum absolute atomic E-state index is 11.4. The van der Waals surface area contributed by atoms with Crippen LogP contribution >= 0.6 is 0 Å². The highest BCUT2D eigenvalue weighted by Gasteiger charge is 2.08. The lowest BCUT2D eigenvalue weighted by Gasteiger charge is -2.07. The highest BCUT2D eigenvalue weighted by atomic mass is 16.2. The van der Waals surface area contributed by atoms with E-state index >= 15 is 0 Å². The third-order valence-corrected chi connectivity index (χ3v) is 2.30. The van der Waals surface area contributed by atoms with Crippen molar-refractivity contribution in [3.05, 3.63) is 11.4 Å². The number of likely N-dealkylation sites (N-methyl/N-ethyl adjacent to an activating group) is 1. The van der Waals surface area contributed by atoms with E-state index < -0.39 is 0 Å². The van der Waals surface area contributed by atoms with Crippen molar-refractivity contribution in [3.63, 3.8) is 0 Å². The summed E-state index contributed by atoms with van der Waals surface area (Å²) in [5, 5.41) is 13.5. The number of hydrogen-bond donors (Lipinski definition) is 2. The average Bonchev–Trinajstić information content (AvgIpc) is 2.36. The first-order valence-corrected chi connectivity index (χ1v) is 5.94. The molecular weight excluding hydrogens is 218 g/mol. The van der Waals surface area contributed by atoms with Crippen molar-refractivity contribution in [2.45, 2.75) is 33.6 Å². The van der Waals surface area contributed by atoms with Gasteiger partial charge in [-0.15, -0.1) is 10.2 Å². The zero-order valence-corrected chi connectivity index (χ0v) is 10.6. The molecule has 0 saturated carbocycles. The van der Waals surface area contributed by atoms with E-state index in [9.17, 15) is 4.79 Å². The molecule has 0 spiro atoms. The molecule has 0 aliphatic heterocycles. The number of anilines is 1. The van der Waals surface area contributed by atoms with Crippen molar-refractivity contribution in [2.24, 2.45) is 0 Å². The van der Waals surface area contributed by atoms with Gasteiger partial charge in [0.15, 0.2) is 0 Å². The molecule has 0 aliphatic rings. The summed E-state index contributed by atoms with van der Waals surface area (Å²) in [5.41, 5.74) is 1.78. The largest absolute Gasteiger partial charge is 0.309 e. The Morgan fingerprint density at radius 2 is 1.82 bits per heavy atom. The summed E-state index contributed by atoms with van der Waals surface area (Å²) in [6.45, 7) is 6.97. The maximum Gasteiger partial charge on any atom is 0.249 e. The molecule has 0 saturated heterocycles. The van der Waals surface area contributed by atoms with Crippen LogP contribution in [0.5, 0.6) is 0 Å². The van der Waals surface area contributed by atoms with Gasteiger partial charge in [0, 0.05) is 0 Å². The number of nitrogens with zero attached hydrogens (tertiary/aromatic N) is 3. The summed E-state index contributed by atoms with van der Waals surface area (Å²) < 4.78 is 0. The van der Waals surface area contributed by atoms with E-state index in [0.29, 0.717) is 0 Å². The van der Waals surface area contributed by atoms with Crippen molar-refractivity contribution in [1.29, 1.82) is 0 Å². The van der Waals surface area contributed by atoms with Gasteiger partial charge in [-0.1, -0.05) is 20.8 Å². The minimum absolute atomic E-state index is 0.153. The Hall–Kier alpha value is -1.56. The Labute approximate surface area is 101 Å². The van der Waals surface area contributed by atoms with E-state index in [0.717, 1.165) is 30.8 Å². The zero-order valence-electron chi connectivity index (χ0n) is 10.6. The summed E-state index contributed by atoms with van der Waals surface area (Å²) in [6, 6.07) is 0. The van der Waals surface area contributed by atoms with Crippen LogP contribution in [-0.4, -0.2) is 34.2 Å². The van der Waals surface area contributed by atoms with Gasteiger partial charge < -0.3 is 5.32 Å². The number of amides is 1. The molecule has 0 radical (unpaired) electrons. The Balaban J connectivity index is 2.68. The summed E-state index contributed by atoms with van der Waals surface area (Å²) in [5.74, 6) is 0.127. The number of carbonyl (C=O) groups is 1. The maximum atomic E-state index is 11.4. The lowest BCUT2D eigenvalue weighted by atomic mass is 10.2. The van der Waals surface area contributed by atoms with Crippen LogP contribution in [0.3, 0.4) is 0 Å². The highest BCUT2D eigenvalue weighted by molar-refractivity contribution is 5.90. The third kappa shape index (κ3) is 4.07. The monoisotopic (exact) mass is 237 g/mol. The molecule has 17 heavy (non-hydrogen) atoms. The second kappa shape index (κ2) is 6.90. The normalized spacial score (nSPS) is 10.3. The predicted molar refractivity (Wildman–Crippen MR) is 65.8 cm³/mol. The van der Waals surface area contributed by atoms with Crippen LogP contribution in [0.25, 0.3) is 0 Å². The van der Waals surface area contributed by atoms with Gasteiger partial charge in [-0.3, -0.25) is 10.1 Å². The molecule has 1 rings (SSSR count).